The molecule has 2 aromatic carbocycles. The van der Waals surface area contributed by atoms with Gasteiger partial charge in [-0.15, -0.1) is 22.7 Å². The number of hydrogen-bond acceptors (Lipinski definition) is 5. The van der Waals surface area contributed by atoms with E-state index in [9.17, 15) is 0 Å². The minimum Gasteiger partial charge on any atom is -0.375 e. The Labute approximate surface area is 129 Å². The van der Waals surface area contributed by atoms with Crippen LogP contribution in [0.15, 0.2) is 53.2 Å². The number of anilines is 1. The molecule has 4 rings (SSSR count). The van der Waals surface area contributed by atoms with E-state index in [1.54, 1.807) is 11.3 Å². The Morgan fingerprint density at radius 3 is 2.48 bits per heavy atom. The van der Waals surface area contributed by atoms with Crippen molar-refractivity contribution in [1.82, 2.24) is 9.97 Å². The molecule has 0 saturated heterocycles. The third-order valence-corrected chi connectivity index (χ3v) is 4.85. The molecule has 5 heteroatoms. The minimum absolute atomic E-state index is 0.576. The van der Waals surface area contributed by atoms with Gasteiger partial charge in [-0.3, -0.25) is 0 Å². The van der Waals surface area contributed by atoms with Gasteiger partial charge < -0.3 is 5.73 Å². The number of hydrogen-bond donors (Lipinski definition) is 1. The van der Waals surface area contributed by atoms with E-state index in [-0.39, 0.29) is 0 Å². The molecule has 2 N–H and O–H groups in total. The fourth-order valence-electron chi connectivity index (χ4n) is 2.35. The quantitative estimate of drug-likeness (QED) is 0.585. The zero-order valence-corrected chi connectivity index (χ0v) is 12.6. The summed E-state index contributed by atoms with van der Waals surface area (Å²) in [6.07, 6.45) is 0. The summed E-state index contributed by atoms with van der Waals surface area (Å²) in [4.78, 5) is 9.02. The summed E-state index contributed by atoms with van der Waals surface area (Å²) in [5, 5.41) is 7.95. The molecule has 0 aliphatic rings. The van der Waals surface area contributed by atoms with Crippen molar-refractivity contribution < 1.29 is 0 Å². The molecule has 0 radical (unpaired) electrons. The SMILES string of the molecule is Nc1nc(-c2nc(-c3cccc4ccccc34)cs2)cs1. The standard InChI is InChI=1S/C16H11N3S2/c17-16-19-14(9-21-16)15-18-13(8-20-15)12-7-3-5-10-4-1-2-6-11(10)12/h1-9H,(H2,17,19). The van der Waals surface area contributed by atoms with Crippen LogP contribution >= 0.6 is 22.7 Å². The lowest BCUT2D eigenvalue weighted by Gasteiger charge is -2.03. The first kappa shape index (κ1) is 12.5. The van der Waals surface area contributed by atoms with Crippen LogP contribution in [0.25, 0.3) is 32.7 Å². The monoisotopic (exact) mass is 309 g/mol. The number of nitrogen functional groups attached to an aromatic ring is 1. The van der Waals surface area contributed by atoms with Crippen LogP contribution in [0.1, 0.15) is 0 Å². The Bertz CT molecular complexity index is 919. The molecule has 21 heavy (non-hydrogen) atoms. The van der Waals surface area contributed by atoms with Crippen molar-refractivity contribution in [2.45, 2.75) is 0 Å². The summed E-state index contributed by atoms with van der Waals surface area (Å²) < 4.78 is 0. The van der Waals surface area contributed by atoms with E-state index in [2.05, 4.69) is 52.8 Å². The molecule has 0 spiro atoms. The van der Waals surface area contributed by atoms with Crippen LogP contribution in [0.3, 0.4) is 0 Å². The molecule has 102 valence electrons. The first-order valence-electron chi connectivity index (χ1n) is 6.46. The Kier molecular flexibility index (Phi) is 2.94. The van der Waals surface area contributed by atoms with E-state index in [4.69, 9.17) is 10.7 Å². The molecule has 2 heterocycles. The molecule has 0 amide bonds. The number of thiazole rings is 2. The van der Waals surface area contributed by atoms with Crippen LogP contribution in [0.4, 0.5) is 5.13 Å². The maximum atomic E-state index is 5.69. The van der Waals surface area contributed by atoms with Crippen molar-refractivity contribution in [1.29, 1.82) is 0 Å². The lowest BCUT2D eigenvalue weighted by Crippen LogP contribution is -1.84. The molecule has 2 aromatic heterocycles. The molecule has 0 aliphatic heterocycles. The van der Waals surface area contributed by atoms with Crippen LogP contribution in [0.2, 0.25) is 0 Å². The number of aromatic nitrogens is 2. The highest BCUT2D eigenvalue weighted by molar-refractivity contribution is 7.15. The van der Waals surface area contributed by atoms with Crippen LogP contribution in [-0.4, -0.2) is 9.97 Å². The van der Waals surface area contributed by atoms with Crippen molar-refractivity contribution >= 4 is 38.6 Å². The molecule has 0 unspecified atom stereocenters. The Morgan fingerprint density at radius 2 is 1.62 bits per heavy atom. The smallest absolute Gasteiger partial charge is 0.180 e. The van der Waals surface area contributed by atoms with E-state index < -0.39 is 0 Å². The molecule has 3 nitrogen and oxygen atoms in total. The topological polar surface area (TPSA) is 51.8 Å². The summed E-state index contributed by atoms with van der Waals surface area (Å²) in [5.74, 6) is 0. The van der Waals surface area contributed by atoms with Gasteiger partial charge in [0.2, 0.25) is 0 Å². The zero-order valence-electron chi connectivity index (χ0n) is 11.0. The molecule has 0 atom stereocenters. The third-order valence-electron chi connectivity index (χ3n) is 3.31. The van der Waals surface area contributed by atoms with Crippen molar-refractivity contribution in [2.24, 2.45) is 0 Å². The van der Waals surface area contributed by atoms with E-state index in [0.717, 1.165) is 22.0 Å². The van der Waals surface area contributed by atoms with E-state index in [0.29, 0.717) is 5.13 Å². The minimum atomic E-state index is 0.576. The fourth-order valence-corrected chi connectivity index (χ4v) is 3.75. The molecule has 0 fully saturated rings. The van der Waals surface area contributed by atoms with Gasteiger partial charge in [0.1, 0.15) is 10.7 Å². The predicted octanol–water partition coefficient (Wildman–Crippen LogP) is 4.67. The van der Waals surface area contributed by atoms with E-state index >= 15 is 0 Å². The van der Waals surface area contributed by atoms with Crippen molar-refractivity contribution in [2.75, 3.05) is 5.73 Å². The summed E-state index contributed by atoms with van der Waals surface area (Å²) in [7, 11) is 0. The summed E-state index contributed by atoms with van der Waals surface area (Å²) in [6.45, 7) is 0. The number of nitrogens with two attached hydrogens (primary N) is 1. The average molecular weight is 309 g/mol. The normalized spacial score (nSPS) is 11.0. The number of fused-ring (bicyclic) bond motifs is 1. The van der Waals surface area contributed by atoms with E-state index in [1.807, 2.05) is 5.38 Å². The number of benzene rings is 2. The number of nitrogens with zero attached hydrogens (tertiary/aromatic N) is 2. The predicted molar refractivity (Wildman–Crippen MR) is 90.6 cm³/mol. The van der Waals surface area contributed by atoms with E-state index in [1.165, 1.54) is 22.1 Å². The second-order valence-corrected chi connectivity index (χ2v) is 6.38. The zero-order chi connectivity index (χ0) is 14.2. The van der Waals surface area contributed by atoms with Gasteiger partial charge in [-0.1, -0.05) is 42.5 Å². The Balaban J connectivity index is 1.85. The van der Waals surface area contributed by atoms with Crippen LogP contribution in [-0.2, 0) is 0 Å². The highest BCUT2D eigenvalue weighted by Crippen LogP contribution is 2.33. The maximum absolute atomic E-state index is 5.69. The summed E-state index contributed by atoms with van der Waals surface area (Å²) in [6, 6.07) is 14.6. The lowest BCUT2D eigenvalue weighted by atomic mass is 10.0. The van der Waals surface area contributed by atoms with Gasteiger partial charge in [0, 0.05) is 16.3 Å². The molecule has 0 aliphatic carbocycles. The van der Waals surface area contributed by atoms with Crippen molar-refractivity contribution in [3.63, 3.8) is 0 Å². The maximum Gasteiger partial charge on any atom is 0.180 e. The van der Waals surface area contributed by atoms with Crippen LogP contribution in [0, 0.1) is 0 Å². The van der Waals surface area contributed by atoms with Gasteiger partial charge in [0.25, 0.3) is 0 Å². The largest absolute Gasteiger partial charge is 0.375 e. The van der Waals surface area contributed by atoms with Crippen LogP contribution < -0.4 is 5.73 Å². The Hall–Kier alpha value is -2.24. The Morgan fingerprint density at radius 1 is 0.810 bits per heavy atom. The molecular weight excluding hydrogens is 298 g/mol. The van der Waals surface area contributed by atoms with Gasteiger partial charge in [-0.05, 0) is 10.8 Å². The summed E-state index contributed by atoms with van der Waals surface area (Å²) >= 11 is 3.04. The van der Waals surface area contributed by atoms with Crippen molar-refractivity contribution in [3.05, 3.63) is 53.2 Å². The van der Waals surface area contributed by atoms with Gasteiger partial charge in [0.05, 0.1) is 5.69 Å². The third kappa shape index (κ3) is 2.20. The van der Waals surface area contributed by atoms with Crippen LogP contribution in [0.5, 0.6) is 0 Å². The second-order valence-electron chi connectivity index (χ2n) is 4.64. The van der Waals surface area contributed by atoms with Gasteiger partial charge in [0.15, 0.2) is 5.13 Å². The first-order valence-corrected chi connectivity index (χ1v) is 8.22. The van der Waals surface area contributed by atoms with Gasteiger partial charge >= 0.3 is 0 Å². The lowest BCUT2D eigenvalue weighted by molar-refractivity contribution is 1.35. The van der Waals surface area contributed by atoms with Crippen molar-refractivity contribution in [3.8, 4) is 22.0 Å². The molecule has 0 bridgehead atoms. The summed E-state index contributed by atoms with van der Waals surface area (Å²) in [5.41, 5.74) is 8.68. The highest BCUT2D eigenvalue weighted by Gasteiger charge is 2.11. The number of rotatable bonds is 2. The highest BCUT2D eigenvalue weighted by atomic mass is 32.1. The van der Waals surface area contributed by atoms with Gasteiger partial charge in [-0.25, -0.2) is 9.97 Å². The fraction of sp³-hybridized carbons (Fsp3) is 0. The second kappa shape index (κ2) is 4.95. The van der Waals surface area contributed by atoms with Gasteiger partial charge in [-0.2, -0.15) is 0 Å². The first-order chi connectivity index (χ1) is 10.3. The average Bonchev–Trinajstić information content (AvgIpc) is 3.15. The molecule has 0 saturated carbocycles. The molecular formula is C16H11N3S2. The molecule has 4 aromatic rings.